The van der Waals surface area contributed by atoms with E-state index in [9.17, 15) is 22.8 Å². The number of nitrogens with zero attached hydrogens (tertiary/aromatic N) is 6. The van der Waals surface area contributed by atoms with Gasteiger partial charge in [0.05, 0.1) is 24.1 Å². The Labute approximate surface area is 217 Å². The van der Waals surface area contributed by atoms with Crippen molar-refractivity contribution in [1.29, 1.82) is 0 Å². The van der Waals surface area contributed by atoms with E-state index >= 15 is 0 Å². The summed E-state index contributed by atoms with van der Waals surface area (Å²) in [6.07, 6.45) is 2.31. The zero-order chi connectivity index (χ0) is 27.0. The van der Waals surface area contributed by atoms with Crippen LogP contribution in [-0.4, -0.2) is 80.6 Å². The number of fused-ring (bicyclic) bond motifs is 1. The van der Waals surface area contributed by atoms with Crippen LogP contribution in [0.2, 0.25) is 0 Å². The molecule has 2 aliphatic rings. The third kappa shape index (κ3) is 4.80. The Morgan fingerprint density at radius 3 is 2.47 bits per heavy atom. The molecule has 2 aromatic heterocycles. The molecule has 0 saturated carbocycles. The standard InChI is InChI=1S/C27H27F3N6O2/c1-3-23(37)34-10-12-35(13-11-34)26(38)19-5-4-18(14-17(19)2)15-21-25-33-16-22(36(25)9-8-31-21)20-6-7-32-24(20)27(28,29)30/h4-6,8-9,14,16H,3,7,10-13,15H2,1-2H3. The maximum Gasteiger partial charge on any atom is 0.433 e. The van der Waals surface area contributed by atoms with Gasteiger partial charge in [-0.1, -0.05) is 25.1 Å². The van der Waals surface area contributed by atoms with E-state index in [-0.39, 0.29) is 23.9 Å². The molecule has 0 N–H and O–H groups in total. The van der Waals surface area contributed by atoms with Crippen molar-refractivity contribution in [2.75, 3.05) is 32.7 Å². The number of allylic oxidation sites excluding steroid dienone is 1. The first kappa shape index (κ1) is 25.6. The molecular weight excluding hydrogens is 497 g/mol. The van der Waals surface area contributed by atoms with Gasteiger partial charge in [0.15, 0.2) is 5.65 Å². The maximum atomic E-state index is 13.4. The number of imidazole rings is 1. The van der Waals surface area contributed by atoms with Gasteiger partial charge in [0.2, 0.25) is 5.91 Å². The van der Waals surface area contributed by atoms with Gasteiger partial charge in [-0.3, -0.25) is 24.0 Å². The summed E-state index contributed by atoms with van der Waals surface area (Å²) in [7, 11) is 0. The van der Waals surface area contributed by atoms with E-state index < -0.39 is 11.9 Å². The molecule has 5 rings (SSSR count). The number of aromatic nitrogens is 3. The fourth-order valence-electron chi connectivity index (χ4n) is 5.00. The van der Waals surface area contributed by atoms with Gasteiger partial charge in [-0.2, -0.15) is 13.2 Å². The molecule has 1 saturated heterocycles. The third-order valence-corrected chi connectivity index (χ3v) is 6.96. The lowest BCUT2D eigenvalue weighted by Crippen LogP contribution is -2.50. The number of halogens is 3. The van der Waals surface area contributed by atoms with Crippen LogP contribution in [0, 0.1) is 6.92 Å². The monoisotopic (exact) mass is 524 g/mol. The molecule has 38 heavy (non-hydrogen) atoms. The van der Waals surface area contributed by atoms with Gasteiger partial charge in [0, 0.05) is 62.6 Å². The Morgan fingerprint density at radius 2 is 1.79 bits per heavy atom. The fraction of sp³-hybridized carbons (Fsp3) is 0.370. The van der Waals surface area contributed by atoms with Crippen molar-refractivity contribution in [3.63, 3.8) is 0 Å². The number of aryl methyl sites for hydroxylation is 1. The Hall–Kier alpha value is -4.02. The topological polar surface area (TPSA) is 83.2 Å². The lowest BCUT2D eigenvalue weighted by Gasteiger charge is -2.35. The Morgan fingerprint density at radius 1 is 1.05 bits per heavy atom. The van der Waals surface area contributed by atoms with E-state index in [0.29, 0.717) is 61.6 Å². The van der Waals surface area contributed by atoms with Crippen LogP contribution < -0.4 is 0 Å². The van der Waals surface area contributed by atoms with E-state index in [1.807, 2.05) is 26.0 Å². The summed E-state index contributed by atoms with van der Waals surface area (Å²) in [5.74, 6) is 0.0301. The number of hydrogen-bond acceptors (Lipinski definition) is 5. The van der Waals surface area contributed by atoms with Crippen molar-refractivity contribution in [3.05, 3.63) is 70.9 Å². The van der Waals surface area contributed by atoms with E-state index in [0.717, 1.165) is 11.1 Å². The fourth-order valence-corrected chi connectivity index (χ4v) is 5.00. The minimum atomic E-state index is -4.54. The van der Waals surface area contributed by atoms with Crippen molar-refractivity contribution in [2.45, 2.75) is 32.9 Å². The summed E-state index contributed by atoms with van der Waals surface area (Å²) in [5.41, 5.74) is 2.83. The molecule has 0 atom stereocenters. The van der Waals surface area contributed by atoms with Gasteiger partial charge < -0.3 is 9.80 Å². The molecule has 0 radical (unpaired) electrons. The lowest BCUT2D eigenvalue weighted by atomic mass is 10.0. The van der Waals surface area contributed by atoms with Crippen molar-refractivity contribution in [3.8, 4) is 0 Å². The van der Waals surface area contributed by atoms with Gasteiger partial charge in [-0.15, -0.1) is 0 Å². The number of rotatable bonds is 5. The maximum absolute atomic E-state index is 13.4. The summed E-state index contributed by atoms with van der Waals surface area (Å²) < 4.78 is 41.9. The van der Waals surface area contributed by atoms with Crippen molar-refractivity contribution in [2.24, 2.45) is 4.99 Å². The summed E-state index contributed by atoms with van der Waals surface area (Å²) in [5, 5.41) is 0. The first-order valence-electron chi connectivity index (χ1n) is 12.5. The highest BCUT2D eigenvalue weighted by atomic mass is 19.4. The number of aliphatic imine (C=N–C) groups is 1. The van der Waals surface area contributed by atoms with Crippen molar-refractivity contribution >= 4 is 28.7 Å². The SMILES string of the molecule is CCC(=O)N1CCN(C(=O)c2ccc(Cc3nccn4c(C5=CCN=C5C(F)(F)F)cnc34)cc2C)CC1. The number of alkyl halides is 3. The lowest BCUT2D eigenvalue weighted by molar-refractivity contribution is -0.132. The Bertz CT molecular complexity index is 1470. The van der Waals surface area contributed by atoms with Crippen LogP contribution in [0.3, 0.4) is 0 Å². The van der Waals surface area contributed by atoms with E-state index in [4.69, 9.17) is 0 Å². The highest BCUT2D eigenvalue weighted by molar-refractivity contribution is 6.27. The minimum absolute atomic E-state index is 0.0146. The zero-order valence-corrected chi connectivity index (χ0v) is 21.1. The molecule has 0 aliphatic carbocycles. The molecule has 0 spiro atoms. The Balaban J connectivity index is 1.34. The molecule has 4 heterocycles. The van der Waals surface area contributed by atoms with Crippen LogP contribution in [0.4, 0.5) is 13.2 Å². The second kappa shape index (κ2) is 10.0. The smallest absolute Gasteiger partial charge is 0.339 e. The third-order valence-electron chi connectivity index (χ3n) is 6.96. The quantitative estimate of drug-likeness (QED) is 0.510. The second-order valence-electron chi connectivity index (χ2n) is 9.37. The second-order valence-corrected chi connectivity index (χ2v) is 9.37. The molecule has 11 heteroatoms. The number of piperazine rings is 1. The van der Waals surface area contributed by atoms with Gasteiger partial charge >= 0.3 is 6.18 Å². The van der Waals surface area contributed by atoms with E-state index in [1.165, 1.54) is 12.3 Å². The predicted molar refractivity (Wildman–Crippen MR) is 136 cm³/mol. The summed E-state index contributed by atoms with van der Waals surface area (Å²) in [6, 6.07) is 5.58. The number of amides is 2. The number of carbonyl (C=O) groups is 2. The summed E-state index contributed by atoms with van der Waals surface area (Å²) in [4.78, 5) is 41.0. The normalized spacial score (nSPS) is 16.1. The van der Waals surface area contributed by atoms with Gasteiger partial charge in [0.25, 0.3) is 5.91 Å². The van der Waals surface area contributed by atoms with Crippen LogP contribution in [0.25, 0.3) is 11.2 Å². The number of hydrogen-bond donors (Lipinski definition) is 0. The summed E-state index contributed by atoms with van der Waals surface area (Å²) in [6.45, 7) is 5.74. The van der Waals surface area contributed by atoms with Crippen molar-refractivity contribution in [1.82, 2.24) is 24.2 Å². The Kier molecular flexibility index (Phi) is 6.77. The predicted octanol–water partition coefficient (Wildman–Crippen LogP) is 3.72. The first-order valence-corrected chi connectivity index (χ1v) is 12.5. The first-order chi connectivity index (χ1) is 18.2. The zero-order valence-electron chi connectivity index (χ0n) is 21.1. The molecule has 3 aromatic rings. The van der Waals surface area contributed by atoms with Gasteiger partial charge in [-0.25, -0.2) is 4.98 Å². The van der Waals surface area contributed by atoms with Crippen molar-refractivity contribution < 1.29 is 22.8 Å². The van der Waals surface area contributed by atoms with E-state index in [2.05, 4.69) is 15.0 Å². The van der Waals surface area contributed by atoms with Crippen LogP contribution >= 0.6 is 0 Å². The molecule has 2 aliphatic heterocycles. The summed E-state index contributed by atoms with van der Waals surface area (Å²) >= 11 is 0. The van der Waals surface area contributed by atoms with E-state index in [1.54, 1.807) is 32.7 Å². The molecule has 8 nitrogen and oxygen atoms in total. The van der Waals surface area contributed by atoms with Crippen LogP contribution in [0.1, 0.15) is 46.2 Å². The molecule has 0 unspecified atom stereocenters. The van der Waals surface area contributed by atoms with Gasteiger partial charge in [-0.05, 0) is 24.1 Å². The molecule has 198 valence electrons. The molecule has 1 fully saturated rings. The molecular formula is C27H27F3N6O2. The van der Waals surface area contributed by atoms with Crippen LogP contribution in [-0.2, 0) is 11.2 Å². The average molecular weight is 525 g/mol. The van der Waals surface area contributed by atoms with Crippen LogP contribution in [0.5, 0.6) is 0 Å². The molecule has 2 amide bonds. The van der Waals surface area contributed by atoms with Crippen LogP contribution in [0.15, 0.2) is 47.9 Å². The molecule has 0 bridgehead atoms. The highest BCUT2D eigenvalue weighted by Gasteiger charge is 2.40. The van der Waals surface area contributed by atoms with Gasteiger partial charge in [0.1, 0.15) is 5.71 Å². The highest BCUT2D eigenvalue weighted by Crippen LogP contribution is 2.32. The largest absolute Gasteiger partial charge is 0.433 e. The molecule has 1 aromatic carbocycles. The number of benzene rings is 1. The average Bonchev–Trinajstić information content (AvgIpc) is 3.56. The number of carbonyl (C=O) groups excluding carboxylic acids is 2. The minimum Gasteiger partial charge on any atom is -0.339 e.